The van der Waals surface area contributed by atoms with Gasteiger partial charge in [0, 0.05) is 17.1 Å². The molecule has 7 nitrogen and oxygen atoms in total. The lowest BCUT2D eigenvalue weighted by atomic mass is 10.0. The summed E-state index contributed by atoms with van der Waals surface area (Å²) in [7, 11) is 0. The van der Waals surface area contributed by atoms with Gasteiger partial charge in [-0.25, -0.2) is 4.79 Å². The molecule has 0 aliphatic carbocycles. The van der Waals surface area contributed by atoms with Crippen molar-refractivity contribution in [2.24, 2.45) is 5.73 Å². The number of fused-ring (bicyclic) bond motifs is 1. The Labute approximate surface area is 120 Å². The number of H-pyrrole nitrogens is 1. The molecule has 112 valence electrons. The van der Waals surface area contributed by atoms with Crippen molar-refractivity contribution in [1.29, 1.82) is 0 Å². The smallest absolute Gasteiger partial charge is 0.328 e. The third kappa shape index (κ3) is 3.39. The van der Waals surface area contributed by atoms with Crippen molar-refractivity contribution in [2.75, 3.05) is 6.61 Å². The van der Waals surface area contributed by atoms with Crippen LogP contribution in [0.1, 0.15) is 5.56 Å². The maximum absolute atomic E-state index is 11.9. The van der Waals surface area contributed by atoms with Crippen LogP contribution in [0.3, 0.4) is 0 Å². The van der Waals surface area contributed by atoms with E-state index in [1.165, 1.54) is 0 Å². The van der Waals surface area contributed by atoms with E-state index >= 15 is 0 Å². The van der Waals surface area contributed by atoms with E-state index in [0.717, 1.165) is 16.5 Å². The molecule has 2 rings (SSSR count). The van der Waals surface area contributed by atoms with Gasteiger partial charge in [0.25, 0.3) is 0 Å². The monoisotopic (exact) mass is 291 g/mol. The fraction of sp³-hybridized carbons (Fsp3) is 0.286. The second kappa shape index (κ2) is 6.38. The van der Waals surface area contributed by atoms with Crippen LogP contribution in [0.5, 0.6) is 0 Å². The molecule has 0 spiro atoms. The third-order valence-electron chi connectivity index (χ3n) is 3.25. The molecule has 1 amide bonds. The number of hydrogen-bond acceptors (Lipinski definition) is 4. The number of aromatic nitrogens is 1. The highest BCUT2D eigenvalue weighted by atomic mass is 16.4. The highest BCUT2D eigenvalue weighted by Gasteiger charge is 2.23. The minimum absolute atomic E-state index is 0.271. The summed E-state index contributed by atoms with van der Waals surface area (Å²) in [6.45, 7) is -0.680. The average molecular weight is 291 g/mol. The number of carbonyl (C=O) groups is 2. The largest absolute Gasteiger partial charge is 0.480 e. The lowest BCUT2D eigenvalue weighted by Crippen LogP contribution is -2.50. The SMILES string of the molecule is N[C@@H](Cc1c[nH]c2ccccc12)C(=O)NC(CO)C(=O)O. The van der Waals surface area contributed by atoms with Gasteiger partial charge in [-0.05, 0) is 18.1 Å². The first kappa shape index (κ1) is 15.0. The number of amides is 1. The number of carbonyl (C=O) groups excluding carboxylic acids is 1. The number of aliphatic hydroxyl groups is 1. The first-order valence-corrected chi connectivity index (χ1v) is 6.47. The number of aromatic amines is 1. The van der Waals surface area contributed by atoms with E-state index in [9.17, 15) is 9.59 Å². The summed E-state index contributed by atoms with van der Waals surface area (Å²) in [4.78, 5) is 25.7. The number of para-hydroxylation sites is 1. The molecular formula is C14H17N3O4. The van der Waals surface area contributed by atoms with Crippen molar-refractivity contribution in [3.05, 3.63) is 36.0 Å². The van der Waals surface area contributed by atoms with Crippen LogP contribution in [-0.4, -0.2) is 45.8 Å². The van der Waals surface area contributed by atoms with Crippen LogP contribution in [0.15, 0.2) is 30.5 Å². The quantitative estimate of drug-likeness (QED) is 0.494. The summed E-state index contributed by atoms with van der Waals surface area (Å²) in [5.74, 6) is -1.91. The standard InChI is InChI=1S/C14H17N3O4/c15-10(13(19)17-12(7-18)14(20)21)5-8-6-16-11-4-2-1-3-9(8)11/h1-4,6,10,12,16,18H,5,7,15H2,(H,17,19)(H,20,21)/t10-,12?/m0/s1. The zero-order chi connectivity index (χ0) is 15.4. The Hall–Kier alpha value is -2.38. The molecule has 2 aromatic rings. The highest BCUT2D eigenvalue weighted by Crippen LogP contribution is 2.18. The number of benzene rings is 1. The third-order valence-corrected chi connectivity index (χ3v) is 3.25. The van der Waals surface area contributed by atoms with E-state index in [2.05, 4.69) is 10.3 Å². The summed E-state index contributed by atoms with van der Waals surface area (Å²) in [6, 6.07) is 5.38. The van der Waals surface area contributed by atoms with Gasteiger partial charge in [0.2, 0.25) is 5.91 Å². The Morgan fingerprint density at radius 2 is 2.05 bits per heavy atom. The summed E-state index contributed by atoms with van der Waals surface area (Å²) in [5, 5.41) is 20.8. The number of aliphatic hydroxyl groups excluding tert-OH is 1. The van der Waals surface area contributed by atoms with Crippen molar-refractivity contribution < 1.29 is 19.8 Å². The summed E-state index contributed by atoms with van der Waals surface area (Å²) < 4.78 is 0. The maximum Gasteiger partial charge on any atom is 0.328 e. The first-order chi connectivity index (χ1) is 10.0. The van der Waals surface area contributed by atoms with Gasteiger partial charge in [-0.2, -0.15) is 0 Å². The molecule has 6 N–H and O–H groups in total. The number of nitrogens with one attached hydrogen (secondary N) is 2. The van der Waals surface area contributed by atoms with Crippen molar-refractivity contribution in [2.45, 2.75) is 18.5 Å². The van der Waals surface area contributed by atoms with Crippen LogP contribution in [0.2, 0.25) is 0 Å². The molecule has 1 unspecified atom stereocenters. The number of carboxylic acids is 1. The van der Waals surface area contributed by atoms with Crippen LogP contribution < -0.4 is 11.1 Å². The van der Waals surface area contributed by atoms with Gasteiger partial charge in [-0.3, -0.25) is 4.79 Å². The van der Waals surface area contributed by atoms with Crippen molar-refractivity contribution in [1.82, 2.24) is 10.3 Å². The molecule has 0 bridgehead atoms. The van der Waals surface area contributed by atoms with E-state index in [1.807, 2.05) is 24.3 Å². The summed E-state index contributed by atoms with van der Waals surface area (Å²) >= 11 is 0. The Bertz CT molecular complexity index is 652. The Morgan fingerprint density at radius 1 is 1.33 bits per heavy atom. The first-order valence-electron chi connectivity index (χ1n) is 6.47. The van der Waals surface area contributed by atoms with Gasteiger partial charge in [-0.15, -0.1) is 0 Å². The predicted octanol–water partition coefficient (Wildman–Crippen LogP) is -0.401. The molecule has 0 radical (unpaired) electrons. The molecule has 1 heterocycles. The Morgan fingerprint density at radius 3 is 2.71 bits per heavy atom. The zero-order valence-electron chi connectivity index (χ0n) is 11.2. The number of aliphatic carboxylic acids is 1. The molecular weight excluding hydrogens is 274 g/mol. The van der Waals surface area contributed by atoms with Gasteiger partial charge in [-0.1, -0.05) is 18.2 Å². The topological polar surface area (TPSA) is 128 Å². The highest BCUT2D eigenvalue weighted by molar-refractivity contribution is 5.88. The van der Waals surface area contributed by atoms with Crippen LogP contribution >= 0.6 is 0 Å². The number of hydrogen-bond donors (Lipinski definition) is 5. The minimum Gasteiger partial charge on any atom is -0.480 e. The number of nitrogens with two attached hydrogens (primary N) is 1. The molecule has 1 aromatic heterocycles. The van der Waals surface area contributed by atoms with E-state index in [0.29, 0.717) is 0 Å². The van der Waals surface area contributed by atoms with Gasteiger partial charge >= 0.3 is 5.97 Å². The minimum atomic E-state index is -1.34. The number of carboxylic acid groups (broad SMARTS) is 1. The fourth-order valence-corrected chi connectivity index (χ4v) is 2.09. The van der Waals surface area contributed by atoms with Crippen LogP contribution in [0, 0.1) is 0 Å². The van der Waals surface area contributed by atoms with Crippen molar-refractivity contribution >= 4 is 22.8 Å². The molecule has 21 heavy (non-hydrogen) atoms. The zero-order valence-corrected chi connectivity index (χ0v) is 11.2. The molecule has 2 atom stereocenters. The maximum atomic E-state index is 11.9. The van der Waals surface area contributed by atoms with Gasteiger partial charge < -0.3 is 26.2 Å². The number of rotatable bonds is 6. The van der Waals surface area contributed by atoms with Crippen LogP contribution in [0.25, 0.3) is 10.9 Å². The molecule has 0 aliphatic rings. The van der Waals surface area contributed by atoms with Crippen LogP contribution in [0.4, 0.5) is 0 Å². The molecule has 0 saturated heterocycles. The van der Waals surface area contributed by atoms with E-state index in [-0.39, 0.29) is 6.42 Å². The van der Waals surface area contributed by atoms with Crippen LogP contribution in [-0.2, 0) is 16.0 Å². The second-order valence-corrected chi connectivity index (χ2v) is 4.75. The second-order valence-electron chi connectivity index (χ2n) is 4.75. The molecule has 7 heteroatoms. The van der Waals surface area contributed by atoms with Gasteiger partial charge in [0.05, 0.1) is 12.6 Å². The predicted molar refractivity (Wildman–Crippen MR) is 76.6 cm³/mol. The molecule has 0 fully saturated rings. The van der Waals surface area contributed by atoms with E-state index in [1.54, 1.807) is 6.20 Å². The molecule has 1 aromatic carbocycles. The Kier molecular flexibility index (Phi) is 4.56. The average Bonchev–Trinajstić information content (AvgIpc) is 2.87. The molecule has 0 aliphatic heterocycles. The van der Waals surface area contributed by atoms with Gasteiger partial charge in [0.1, 0.15) is 6.04 Å². The fourth-order valence-electron chi connectivity index (χ4n) is 2.09. The molecule has 0 saturated carbocycles. The van der Waals surface area contributed by atoms with Crippen molar-refractivity contribution in [3.63, 3.8) is 0 Å². The van der Waals surface area contributed by atoms with E-state index in [4.69, 9.17) is 15.9 Å². The van der Waals surface area contributed by atoms with Crippen molar-refractivity contribution in [3.8, 4) is 0 Å². The normalized spacial score (nSPS) is 13.8. The lowest BCUT2D eigenvalue weighted by molar-refractivity contribution is -0.143. The summed E-state index contributed by atoms with van der Waals surface area (Å²) in [6.07, 6.45) is 2.05. The van der Waals surface area contributed by atoms with E-state index < -0.39 is 30.6 Å². The van der Waals surface area contributed by atoms with Gasteiger partial charge in [0.15, 0.2) is 0 Å². The Balaban J connectivity index is 2.05. The lowest BCUT2D eigenvalue weighted by Gasteiger charge is -2.15. The summed E-state index contributed by atoms with van der Waals surface area (Å²) in [5.41, 5.74) is 7.62.